The number of carbonyl (C=O) groups excluding carboxylic acids is 1. The van der Waals surface area contributed by atoms with Gasteiger partial charge in [0.15, 0.2) is 10.0 Å². The highest BCUT2D eigenvalue weighted by atomic mass is 35.5. The van der Waals surface area contributed by atoms with Gasteiger partial charge in [-0.05, 0) is 19.1 Å². The van der Waals surface area contributed by atoms with Gasteiger partial charge < -0.3 is 0 Å². The summed E-state index contributed by atoms with van der Waals surface area (Å²) in [5.74, 6) is 0.357. The monoisotopic (exact) mass is 352 g/mol. The van der Waals surface area contributed by atoms with Gasteiger partial charge in [0, 0.05) is 10.6 Å². The van der Waals surface area contributed by atoms with Crippen molar-refractivity contribution in [1.82, 2.24) is 19.8 Å². The minimum absolute atomic E-state index is 0.0459. The minimum atomic E-state index is -0.349. The summed E-state index contributed by atoms with van der Waals surface area (Å²) < 4.78 is 1.82. The lowest BCUT2D eigenvalue weighted by Crippen LogP contribution is -2.19. The molecule has 0 aliphatic rings. The summed E-state index contributed by atoms with van der Waals surface area (Å²) >= 11 is 8.34. The van der Waals surface area contributed by atoms with Crippen molar-refractivity contribution in [3.63, 3.8) is 0 Å². The number of thioether (sulfide) groups is 1. The normalized spacial score (nSPS) is 11.0. The van der Waals surface area contributed by atoms with Crippen molar-refractivity contribution >= 4 is 45.4 Å². The molecule has 112 valence electrons. The fraction of sp³-hybridized carbons (Fsp3) is 0.154. The minimum Gasteiger partial charge on any atom is -0.299 e. The SMILES string of the molecule is CC(=O)CSc1nn2c(=O)c(-c3ccc(Cl)cc3)nnc2s1. The van der Waals surface area contributed by atoms with Crippen LogP contribution in [-0.2, 0) is 4.79 Å². The standard InChI is InChI=1S/C13H9ClN4O2S2/c1-7(19)6-21-13-17-18-11(20)10(15-16-12(18)22-13)8-2-4-9(14)5-3-8/h2-5H,6H2,1H3. The van der Waals surface area contributed by atoms with Crippen LogP contribution in [0.5, 0.6) is 0 Å². The lowest BCUT2D eigenvalue weighted by molar-refractivity contribution is -0.114. The molecule has 0 fully saturated rings. The molecular weight excluding hydrogens is 344 g/mol. The Kier molecular flexibility index (Phi) is 4.23. The number of benzene rings is 1. The number of nitrogens with zero attached hydrogens (tertiary/aromatic N) is 4. The predicted octanol–water partition coefficient (Wildman–Crippen LogP) is 2.55. The van der Waals surface area contributed by atoms with Gasteiger partial charge in [-0.25, -0.2) is 0 Å². The first-order chi connectivity index (χ1) is 10.5. The number of Topliss-reactive ketones (excluding diaryl/α,β-unsaturated/α-hetero) is 1. The van der Waals surface area contributed by atoms with E-state index in [-0.39, 0.29) is 17.0 Å². The lowest BCUT2D eigenvalue weighted by atomic mass is 10.2. The molecule has 0 unspecified atom stereocenters. The van der Waals surface area contributed by atoms with Crippen LogP contribution < -0.4 is 5.56 Å². The van der Waals surface area contributed by atoms with Gasteiger partial charge in [0.1, 0.15) is 5.78 Å². The number of hydrogen-bond donors (Lipinski definition) is 0. The van der Waals surface area contributed by atoms with Gasteiger partial charge in [0.2, 0.25) is 4.96 Å². The Bertz CT molecular complexity index is 905. The summed E-state index contributed by atoms with van der Waals surface area (Å²) in [6.07, 6.45) is 0. The quantitative estimate of drug-likeness (QED) is 0.671. The molecule has 0 aliphatic carbocycles. The first kappa shape index (κ1) is 15.1. The number of ketones is 1. The summed E-state index contributed by atoms with van der Waals surface area (Å²) in [7, 11) is 0. The first-order valence-corrected chi connectivity index (χ1v) is 8.37. The molecule has 1 aromatic carbocycles. The zero-order chi connectivity index (χ0) is 15.7. The molecule has 0 saturated heterocycles. The van der Waals surface area contributed by atoms with E-state index in [1.807, 2.05) is 0 Å². The predicted molar refractivity (Wildman–Crippen MR) is 86.8 cm³/mol. The first-order valence-electron chi connectivity index (χ1n) is 6.19. The maximum Gasteiger partial charge on any atom is 0.302 e. The van der Waals surface area contributed by atoms with Crippen LogP contribution in [0.2, 0.25) is 5.02 Å². The van der Waals surface area contributed by atoms with Crippen molar-refractivity contribution in [2.45, 2.75) is 11.3 Å². The lowest BCUT2D eigenvalue weighted by Gasteiger charge is -1.98. The van der Waals surface area contributed by atoms with E-state index in [0.29, 0.717) is 25.6 Å². The molecule has 2 aromatic heterocycles. The number of halogens is 1. The van der Waals surface area contributed by atoms with Crippen molar-refractivity contribution in [3.05, 3.63) is 39.6 Å². The van der Waals surface area contributed by atoms with E-state index in [2.05, 4.69) is 15.3 Å². The van der Waals surface area contributed by atoms with Crippen molar-refractivity contribution in [1.29, 1.82) is 0 Å². The van der Waals surface area contributed by atoms with Crippen LogP contribution in [0.25, 0.3) is 16.2 Å². The average molecular weight is 353 g/mol. The second-order valence-corrected chi connectivity index (χ2v) is 7.03. The third-order valence-corrected chi connectivity index (χ3v) is 5.12. The highest BCUT2D eigenvalue weighted by molar-refractivity contribution is 8.01. The average Bonchev–Trinajstić information content (AvgIpc) is 2.91. The Morgan fingerprint density at radius 3 is 2.73 bits per heavy atom. The smallest absolute Gasteiger partial charge is 0.299 e. The number of rotatable bonds is 4. The van der Waals surface area contributed by atoms with Crippen molar-refractivity contribution < 1.29 is 4.79 Å². The van der Waals surface area contributed by atoms with Crippen LogP contribution in [0.1, 0.15) is 6.92 Å². The zero-order valence-corrected chi connectivity index (χ0v) is 13.7. The molecule has 22 heavy (non-hydrogen) atoms. The molecule has 0 bridgehead atoms. The van der Waals surface area contributed by atoms with E-state index in [9.17, 15) is 9.59 Å². The number of fused-ring (bicyclic) bond motifs is 1. The zero-order valence-electron chi connectivity index (χ0n) is 11.3. The highest BCUT2D eigenvalue weighted by Gasteiger charge is 2.14. The van der Waals surface area contributed by atoms with Crippen LogP contribution >= 0.6 is 34.7 Å². The number of carbonyl (C=O) groups is 1. The van der Waals surface area contributed by atoms with Gasteiger partial charge in [-0.1, -0.05) is 46.8 Å². The van der Waals surface area contributed by atoms with Crippen LogP contribution in [0.3, 0.4) is 0 Å². The maximum absolute atomic E-state index is 12.5. The summed E-state index contributed by atoms with van der Waals surface area (Å²) in [6, 6.07) is 6.78. The van der Waals surface area contributed by atoms with Gasteiger partial charge in [0.25, 0.3) is 0 Å². The molecule has 0 spiro atoms. The topological polar surface area (TPSA) is 77.2 Å². The Balaban J connectivity index is 2.03. The fourth-order valence-corrected chi connectivity index (χ4v) is 3.51. The molecule has 0 saturated carbocycles. The second kappa shape index (κ2) is 6.15. The van der Waals surface area contributed by atoms with Crippen molar-refractivity contribution in [2.24, 2.45) is 0 Å². The molecule has 6 nitrogen and oxygen atoms in total. The fourth-order valence-electron chi connectivity index (χ4n) is 1.71. The van der Waals surface area contributed by atoms with Crippen LogP contribution in [0.4, 0.5) is 0 Å². The molecule has 0 N–H and O–H groups in total. The van der Waals surface area contributed by atoms with E-state index in [0.717, 1.165) is 0 Å². The molecule has 0 amide bonds. The maximum atomic E-state index is 12.5. The van der Waals surface area contributed by atoms with Crippen LogP contribution in [0, 0.1) is 0 Å². The van der Waals surface area contributed by atoms with E-state index in [4.69, 9.17) is 11.6 Å². The third-order valence-electron chi connectivity index (χ3n) is 2.69. The molecule has 9 heteroatoms. The van der Waals surface area contributed by atoms with Crippen LogP contribution in [0.15, 0.2) is 33.4 Å². The molecular formula is C13H9ClN4O2S2. The van der Waals surface area contributed by atoms with Gasteiger partial charge in [-0.2, -0.15) is 4.52 Å². The van der Waals surface area contributed by atoms with E-state index >= 15 is 0 Å². The van der Waals surface area contributed by atoms with Gasteiger partial charge in [-0.3, -0.25) is 9.59 Å². The summed E-state index contributed by atoms with van der Waals surface area (Å²) in [5.41, 5.74) is 0.489. The Hall–Kier alpha value is -1.77. The van der Waals surface area contributed by atoms with Crippen molar-refractivity contribution in [2.75, 3.05) is 5.75 Å². The molecule has 2 heterocycles. The van der Waals surface area contributed by atoms with Crippen molar-refractivity contribution in [3.8, 4) is 11.3 Å². The summed E-state index contributed by atoms with van der Waals surface area (Å²) in [5, 5.41) is 12.8. The highest BCUT2D eigenvalue weighted by Crippen LogP contribution is 2.23. The summed E-state index contributed by atoms with van der Waals surface area (Å²) in [6.45, 7) is 1.50. The molecule has 0 atom stereocenters. The Labute approximate surface area is 138 Å². The summed E-state index contributed by atoms with van der Waals surface area (Å²) in [4.78, 5) is 23.9. The molecule has 3 aromatic rings. The van der Waals surface area contributed by atoms with Gasteiger partial charge in [-0.15, -0.1) is 15.3 Å². The number of aromatic nitrogens is 4. The number of hydrogen-bond acceptors (Lipinski definition) is 7. The van der Waals surface area contributed by atoms with E-state index in [1.165, 1.54) is 34.5 Å². The van der Waals surface area contributed by atoms with Gasteiger partial charge >= 0.3 is 5.56 Å². The third kappa shape index (κ3) is 3.03. The Morgan fingerprint density at radius 1 is 1.32 bits per heavy atom. The Morgan fingerprint density at radius 2 is 2.05 bits per heavy atom. The van der Waals surface area contributed by atoms with E-state index < -0.39 is 0 Å². The largest absolute Gasteiger partial charge is 0.302 e. The van der Waals surface area contributed by atoms with E-state index in [1.54, 1.807) is 24.3 Å². The second-order valence-electron chi connectivity index (χ2n) is 4.41. The molecule has 0 aliphatic heterocycles. The molecule has 0 radical (unpaired) electrons. The van der Waals surface area contributed by atoms with Crippen LogP contribution in [-0.4, -0.2) is 31.3 Å². The molecule has 3 rings (SSSR count). The van der Waals surface area contributed by atoms with Gasteiger partial charge in [0.05, 0.1) is 5.75 Å².